The second-order valence-corrected chi connectivity index (χ2v) is 6.79. The molecule has 6 nitrogen and oxygen atoms in total. The molecule has 0 aromatic heterocycles. The summed E-state index contributed by atoms with van der Waals surface area (Å²) in [5, 5.41) is 8.55. The first-order valence-corrected chi connectivity index (χ1v) is 9.64. The van der Waals surface area contributed by atoms with Crippen LogP contribution in [0.4, 0.5) is 0 Å². The molecule has 1 N–H and O–H groups in total. The van der Waals surface area contributed by atoms with E-state index in [9.17, 15) is 4.79 Å². The first-order valence-electron chi connectivity index (χ1n) is 9.64. The Morgan fingerprint density at radius 1 is 0.852 bits per heavy atom. The van der Waals surface area contributed by atoms with Gasteiger partial charge in [0, 0.05) is 0 Å². The largest absolute Gasteiger partial charge is 0.463 e. The fourth-order valence-corrected chi connectivity index (χ4v) is 2.48. The highest BCUT2D eigenvalue weighted by atomic mass is 16.6. The molecular weight excluding hydrogens is 348 g/mol. The molecule has 0 heterocycles. The van der Waals surface area contributed by atoms with Crippen LogP contribution >= 0.6 is 0 Å². The number of rotatable bonds is 15. The van der Waals surface area contributed by atoms with Gasteiger partial charge in [-0.05, 0) is 30.4 Å². The molecule has 1 aromatic carbocycles. The van der Waals surface area contributed by atoms with Crippen molar-refractivity contribution in [1.82, 2.24) is 0 Å². The fraction of sp³-hybridized carbons (Fsp3) is 0.667. The first kappa shape index (κ1) is 23.6. The third-order valence-corrected chi connectivity index (χ3v) is 3.93. The first-order chi connectivity index (χ1) is 13.0. The standard InChI is InChI=1S/C21H34O6/c1-17(2)16-19-4-6-20(7-5-19)18(3)21(23)27-15-14-26-13-12-25-11-10-24-9-8-22/h4-7,17-18,22H,8-16H2,1-3H3/t18-/m0/s1. The fourth-order valence-electron chi connectivity index (χ4n) is 2.48. The van der Waals surface area contributed by atoms with Crippen molar-refractivity contribution < 1.29 is 28.8 Å². The summed E-state index contributed by atoms with van der Waals surface area (Å²) in [4.78, 5) is 12.1. The Kier molecular flexibility index (Phi) is 12.7. The van der Waals surface area contributed by atoms with E-state index in [-0.39, 0.29) is 25.1 Å². The van der Waals surface area contributed by atoms with Gasteiger partial charge < -0.3 is 24.1 Å². The predicted molar refractivity (Wildman–Crippen MR) is 104 cm³/mol. The molecule has 0 aliphatic rings. The van der Waals surface area contributed by atoms with Crippen molar-refractivity contribution in [2.45, 2.75) is 33.1 Å². The SMILES string of the molecule is CC(C)Cc1ccc([C@H](C)C(=O)OCCOCCOCCOCCO)cc1. The molecule has 6 heteroatoms. The zero-order valence-electron chi connectivity index (χ0n) is 16.8. The maximum Gasteiger partial charge on any atom is 0.313 e. The van der Waals surface area contributed by atoms with Gasteiger partial charge in [-0.2, -0.15) is 0 Å². The summed E-state index contributed by atoms with van der Waals surface area (Å²) in [6.45, 7) is 8.96. The minimum absolute atomic E-state index is 0.0178. The average molecular weight is 382 g/mol. The summed E-state index contributed by atoms with van der Waals surface area (Å²) in [5.41, 5.74) is 2.25. The molecular formula is C21H34O6. The minimum Gasteiger partial charge on any atom is -0.463 e. The predicted octanol–water partition coefficient (Wildman–Crippen LogP) is 2.57. The van der Waals surface area contributed by atoms with Crippen molar-refractivity contribution in [1.29, 1.82) is 0 Å². The molecule has 1 aromatic rings. The summed E-state index contributed by atoms with van der Waals surface area (Å²) in [6, 6.07) is 8.16. The average Bonchev–Trinajstić information content (AvgIpc) is 2.65. The number of esters is 1. The van der Waals surface area contributed by atoms with E-state index in [2.05, 4.69) is 26.0 Å². The second kappa shape index (κ2) is 14.6. The molecule has 0 saturated carbocycles. The summed E-state index contributed by atoms with van der Waals surface area (Å²) >= 11 is 0. The molecule has 1 rings (SSSR count). The normalized spacial score (nSPS) is 12.3. The van der Waals surface area contributed by atoms with Gasteiger partial charge >= 0.3 is 5.97 Å². The number of carbonyl (C=O) groups excluding carboxylic acids is 1. The van der Waals surface area contributed by atoms with Gasteiger partial charge in [-0.25, -0.2) is 0 Å². The van der Waals surface area contributed by atoms with Gasteiger partial charge in [0.15, 0.2) is 0 Å². The topological polar surface area (TPSA) is 74.2 Å². The smallest absolute Gasteiger partial charge is 0.313 e. The van der Waals surface area contributed by atoms with Crippen LogP contribution < -0.4 is 0 Å². The summed E-state index contributed by atoms with van der Waals surface area (Å²) in [6.07, 6.45) is 1.04. The quantitative estimate of drug-likeness (QED) is 0.371. The molecule has 0 bridgehead atoms. The number of aliphatic hydroxyl groups is 1. The zero-order chi connectivity index (χ0) is 19.9. The molecule has 0 radical (unpaired) electrons. The lowest BCUT2D eigenvalue weighted by atomic mass is 9.97. The van der Waals surface area contributed by atoms with Crippen molar-refractivity contribution >= 4 is 5.97 Å². The van der Waals surface area contributed by atoms with E-state index in [4.69, 9.17) is 24.1 Å². The maximum absolute atomic E-state index is 12.1. The highest BCUT2D eigenvalue weighted by Gasteiger charge is 2.16. The molecule has 0 unspecified atom stereocenters. The number of benzene rings is 1. The lowest BCUT2D eigenvalue weighted by molar-refractivity contribution is -0.146. The molecule has 0 aliphatic heterocycles. The van der Waals surface area contributed by atoms with Crippen LogP contribution in [0.5, 0.6) is 0 Å². The van der Waals surface area contributed by atoms with Crippen LogP contribution in [-0.2, 0) is 30.2 Å². The number of hydrogen-bond donors (Lipinski definition) is 1. The van der Waals surface area contributed by atoms with Crippen LogP contribution in [0, 0.1) is 5.92 Å². The molecule has 27 heavy (non-hydrogen) atoms. The monoisotopic (exact) mass is 382 g/mol. The number of ether oxygens (including phenoxy) is 4. The number of aliphatic hydroxyl groups excluding tert-OH is 1. The van der Waals surface area contributed by atoms with Crippen molar-refractivity contribution in [3.05, 3.63) is 35.4 Å². The Morgan fingerprint density at radius 2 is 1.37 bits per heavy atom. The van der Waals surface area contributed by atoms with Gasteiger partial charge in [0.1, 0.15) is 6.61 Å². The van der Waals surface area contributed by atoms with Crippen molar-refractivity contribution in [2.75, 3.05) is 52.9 Å². The molecule has 1 atom stereocenters. The van der Waals surface area contributed by atoms with E-state index in [0.717, 1.165) is 12.0 Å². The summed E-state index contributed by atoms with van der Waals surface area (Å²) < 4.78 is 21.0. The van der Waals surface area contributed by atoms with Gasteiger partial charge in [0.05, 0.1) is 52.2 Å². The van der Waals surface area contributed by atoms with Crippen LogP contribution in [0.1, 0.15) is 37.8 Å². The lowest BCUT2D eigenvalue weighted by Crippen LogP contribution is -2.17. The van der Waals surface area contributed by atoms with Crippen LogP contribution in [0.2, 0.25) is 0 Å². The van der Waals surface area contributed by atoms with Crippen LogP contribution in [0.3, 0.4) is 0 Å². The molecule has 0 spiro atoms. The van der Waals surface area contributed by atoms with E-state index in [1.54, 1.807) is 0 Å². The van der Waals surface area contributed by atoms with Gasteiger partial charge in [-0.1, -0.05) is 38.1 Å². The van der Waals surface area contributed by atoms with Crippen molar-refractivity contribution in [3.63, 3.8) is 0 Å². The Bertz CT molecular complexity index is 500. The lowest BCUT2D eigenvalue weighted by Gasteiger charge is -2.13. The molecule has 0 aliphatic carbocycles. The van der Waals surface area contributed by atoms with Gasteiger partial charge in [-0.15, -0.1) is 0 Å². The Labute approximate surface area is 162 Å². The minimum atomic E-state index is -0.291. The van der Waals surface area contributed by atoms with E-state index < -0.39 is 0 Å². The van der Waals surface area contributed by atoms with Crippen molar-refractivity contribution in [2.24, 2.45) is 5.92 Å². The van der Waals surface area contributed by atoms with E-state index in [0.29, 0.717) is 45.6 Å². The van der Waals surface area contributed by atoms with E-state index in [1.807, 2.05) is 19.1 Å². The Morgan fingerprint density at radius 3 is 1.89 bits per heavy atom. The molecule has 154 valence electrons. The van der Waals surface area contributed by atoms with Crippen LogP contribution in [-0.4, -0.2) is 63.9 Å². The second-order valence-electron chi connectivity index (χ2n) is 6.79. The zero-order valence-corrected chi connectivity index (χ0v) is 16.8. The Hall–Kier alpha value is -1.47. The van der Waals surface area contributed by atoms with Gasteiger partial charge in [0.2, 0.25) is 0 Å². The van der Waals surface area contributed by atoms with Crippen LogP contribution in [0.15, 0.2) is 24.3 Å². The van der Waals surface area contributed by atoms with Crippen LogP contribution in [0.25, 0.3) is 0 Å². The third kappa shape index (κ3) is 11.1. The number of hydrogen-bond acceptors (Lipinski definition) is 6. The van der Waals surface area contributed by atoms with Gasteiger partial charge in [0.25, 0.3) is 0 Å². The molecule has 0 fully saturated rings. The van der Waals surface area contributed by atoms with E-state index in [1.165, 1.54) is 5.56 Å². The highest BCUT2D eigenvalue weighted by molar-refractivity contribution is 5.77. The van der Waals surface area contributed by atoms with Crippen molar-refractivity contribution in [3.8, 4) is 0 Å². The summed E-state index contributed by atoms with van der Waals surface area (Å²) in [5.74, 6) is 0.0797. The highest BCUT2D eigenvalue weighted by Crippen LogP contribution is 2.18. The third-order valence-electron chi connectivity index (χ3n) is 3.93. The summed E-state index contributed by atoms with van der Waals surface area (Å²) in [7, 11) is 0. The molecule has 0 saturated heterocycles. The maximum atomic E-state index is 12.1. The Balaban J connectivity index is 2.10. The molecule has 0 amide bonds. The van der Waals surface area contributed by atoms with Gasteiger partial charge in [-0.3, -0.25) is 4.79 Å². The number of carbonyl (C=O) groups is 1. The van der Waals surface area contributed by atoms with E-state index >= 15 is 0 Å².